The van der Waals surface area contributed by atoms with Gasteiger partial charge >= 0.3 is 5.97 Å². The van der Waals surface area contributed by atoms with E-state index in [1.54, 1.807) is 30.3 Å². The standard InChI is InChI=1S/C18H13NO5S/c20-16(21)11-19-17(22)15(25-18(19)23)10-12-6-8-14(9-7-12)24-13-4-2-1-3-5-13/h1-10H,11H2,(H,20,21)/b15-10-. The molecule has 1 aliphatic rings. The van der Waals surface area contributed by atoms with Gasteiger partial charge in [-0.2, -0.15) is 0 Å². The Hall–Kier alpha value is -3.06. The molecule has 1 aliphatic heterocycles. The van der Waals surface area contributed by atoms with Gasteiger partial charge in [-0.1, -0.05) is 30.3 Å². The molecular weight excluding hydrogens is 342 g/mol. The molecule has 2 aromatic carbocycles. The predicted molar refractivity (Wildman–Crippen MR) is 93.3 cm³/mol. The van der Waals surface area contributed by atoms with Crippen LogP contribution in [0.25, 0.3) is 6.08 Å². The molecular formula is C18H13NO5S. The van der Waals surface area contributed by atoms with Crippen LogP contribution in [-0.2, 0) is 9.59 Å². The van der Waals surface area contributed by atoms with E-state index in [0.29, 0.717) is 22.0 Å². The van der Waals surface area contributed by atoms with Gasteiger partial charge in [0.1, 0.15) is 18.0 Å². The summed E-state index contributed by atoms with van der Waals surface area (Å²) in [6, 6.07) is 16.3. The maximum atomic E-state index is 12.1. The van der Waals surface area contributed by atoms with Gasteiger partial charge in [0.2, 0.25) is 0 Å². The maximum absolute atomic E-state index is 12.1. The van der Waals surface area contributed by atoms with Crippen molar-refractivity contribution in [3.05, 3.63) is 65.1 Å². The summed E-state index contributed by atoms with van der Waals surface area (Å²) in [7, 11) is 0. The van der Waals surface area contributed by atoms with Gasteiger partial charge in [0, 0.05) is 0 Å². The number of hydrogen-bond acceptors (Lipinski definition) is 5. The first-order valence-corrected chi connectivity index (χ1v) is 8.15. The average molecular weight is 355 g/mol. The lowest BCUT2D eigenvalue weighted by molar-refractivity contribution is -0.140. The highest BCUT2D eigenvalue weighted by atomic mass is 32.2. The summed E-state index contributed by atoms with van der Waals surface area (Å²) in [4.78, 5) is 35.4. The molecule has 3 rings (SSSR count). The summed E-state index contributed by atoms with van der Waals surface area (Å²) < 4.78 is 5.68. The quantitative estimate of drug-likeness (QED) is 0.825. The van der Waals surface area contributed by atoms with Crippen LogP contribution in [0, 0.1) is 0 Å². The number of aliphatic carboxylic acids is 1. The number of carbonyl (C=O) groups is 3. The third-order valence-electron chi connectivity index (χ3n) is 3.32. The minimum Gasteiger partial charge on any atom is -0.480 e. The number of imide groups is 1. The summed E-state index contributed by atoms with van der Waals surface area (Å²) >= 11 is 0.729. The molecule has 0 aliphatic carbocycles. The van der Waals surface area contributed by atoms with Crippen LogP contribution in [0.1, 0.15) is 5.56 Å². The average Bonchev–Trinajstić information content (AvgIpc) is 2.85. The zero-order valence-corrected chi connectivity index (χ0v) is 13.7. The van der Waals surface area contributed by atoms with Crippen molar-refractivity contribution in [2.45, 2.75) is 0 Å². The van der Waals surface area contributed by atoms with Crippen molar-refractivity contribution in [2.24, 2.45) is 0 Å². The molecule has 1 N–H and O–H groups in total. The Morgan fingerprint density at radius 3 is 2.32 bits per heavy atom. The van der Waals surface area contributed by atoms with Crippen LogP contribution in [-0.4, -0.2) is 33.7 Å². The molecule has 0 spiro atoms. The van der Waals surface area contributed by atoms with E-state index >= 15 is 0 Å². The van der Waals surface area contributed by atoms with E-state index < -0.39 is 23.7 Å². The summed E-state index contributed by atoms with van der Waals surface area (Å²) in [5.74, 6) is -0.472. The number of nitrogens with zero attached hydrogens (tertiary/aromatic N) is 1. The van der Waals surface area contributed by atoms with Crippen LogP contribution in [0.4, 0.5) is 4.79 Å². The van der Waals surface area contributed by atoms with E-state index in [9.17, 15) is 14.4 Å². The minimum absolute atomic E-state index is 0.197. The van der Waals surface area contributed by atoms with Crippen LogP contribution in [0.5, 0.6) is 11.5 Å². The minimum atomic E-state index is -1.23. The van der Waals surface area contributed by atoms with Crippen LogP contribution >= 0.6 is 11.8 Å². The molecule has 0 saturated carbocycles. The van der Waals surface area contributed by atoms with Crippen molar-refractivity contribution in [3.8, 4) is 11.5 Å². The van der Waals surface area contributed by atoms with E-state index in [-0.39, 0.29) is 4.91 Å². The summed E-state index contributed by atoms with van der Waals surface area (Å²) in [5, 5.41) is 8.17. The molecule has 1 heterocycles. The van der Waals surface area contributed by atoms with E-state index in [0.717, 1.165) is 11.8 Å². The predicted octanol–water partition coefficient (Wildman–Crippen LogP) is 3.60. The second-order valence-electron chi connectivity index (χ2n) is 5.15. The lowest BCUT2D eigenvalue weighted by atomic mass is 10.2. The monoisotopic (exact) mass is 355 g/mol. The number of thioether (sulfide) groups is 1. The molecule has 2 amide bonds. The van der Waals surface area contributed by atoms with E-state index in [1.165, 1.54) is 0 Å². The molecule has 2 aromatic rings. The van der Waals surface area contributed by atoms with Crippen LogP contribution in [0.15, 0.2) is 59.5 Å². The summed E-state index contributed by atoms with van der Waals surface area (Å²) in [6.45, 7) is -0.633. The van der Waals surface area contributed by atoms with Crippen LogP contribution in [0.2, 0.25) is 0 Å². The number of ether oxygens (including phenoxy) is 1. The smallest absolute Gasteiger partial charge is 0.323 e. The largest absolute Gasteiger partial charge is 0.480 e. The molecule has 1 fully saturated rings. The van der Waals surface area contributed by atoms with Crippen molar-refractivity contribution >= 4 is 35.0 Å². The number of carboxylic acid groups (broad SMARTS) is 1. The molecule has 126 valence electrons. The van der Waals surface area contributed by atoms with E-state index in [4.69, 9.17) is 9.84 Å². The highest BCUT2D eigenvalue weighted by molar-refractivity contribution is 8.18. The number of amides is 2. The Kier molecular flexibility index (Phi) is 4.85. The van der Waals surface area contributed by atoms with Gasteiger partial charge in [-0.3, -0.25) is 19.3 Å². The van der Waals surface area contributed by atoms with Crippen molar-refractivity contribution < 1.29 is 24.2 Å². The summed E-state index contributed by atoms with van der Waals surface area (Å²) in [6.07, 6.45) is 1.55. The van der Waals surface area contributed by atoms with Crippen molar-refractivity contribution in [1.29, 1.82) is 0 Å². The number of hydrogen-bond donors (Lipinski definition) is 1. The van der Waals surface area contributed by atoms with Gasteiger partial charge in [0.25, 0.3) is 11.1 Å². The Balaban J connectivity index is 1.72. The first-order chi connectivity index (χ1) is 12.0. The van der Waals surface area contributed by atoms with E-state index in [1.807, 2.05) is 30.3 Å². The molecule has 0 unspecified atom stereocenters. The molecule has 1 saturated heterocycles. The zero-order valence-electron chi connectivity index (χ0n) is 12.9. The first kappa shape index (κ1) is 16.8. The number of carbonyl (C=O) groups excluding carboxylic acids is 2. The van der Waals surface area contributed by atoms with Gasteiger partial charge in [-0.25, -0.2) is 0 Å². The Labute approximate surface area is 147 Å². The SMILES string of the molecule is O=C(O)CN1C(=O)S/C(=C\c2ccc(Oc3ccccc3)cc2)C1=O. The number of carboxylic acids is 1. The third-order valence-corrected chi connectivity index (χ3v) is 4.23. The van der Waals surface area contributed by atoms with E-state index in [2.05, 4.69) is 0 Å². The van der Waals surface area contributed by atoms with Crippen molar-refractivity contribution in [3.63, 3.8) is 0 Å². The van der Waals surface area contributed by atoms with Gasteiger partial charge in [0.05, 0.1) is 4.91 Å². The van der Waals surface area contributed by atoms with Gasteiger partial charge in [-0.05, 0) is 47.7 Å². The first-order valence-electron chi connectivity index (χ1n) is 7.33. The zero-order chi connectivity index (χ0) is 17.8. The second-order valence-corrected chi connectivity index (χ2v) is 6.14. The van der Waals surface area contributed by atoms with Crippen molar-refractivity contribution in [1.82, 2.24) is 4.90 Å². The topological polar surface area (TPSA) is 83.9 Å². The number of benzene rings is 2. The third kappa shape index (κ3) is 4.07. The normalized spacial score (nSPS) is 15.7. The molecule has 6 nitrogen and oxygen atoms in total. The molecule has 7 heteroatoms. The Morgan fingerprint density at radius 1 is 1.04 bits per heavy atom. The van der Waals surface area contributed by atoms with Crippen LogP contribution < -0.4 is 4.74 Å². The molecule has 0 bridgehead atoms. The lowest BCUT2D eigenvalue weighted by Gasteiger charge is -2.07. The maximum Gasteiger partial charge on any atom is 0.323 e. The Bertz CT molecular complexity index is 846. The second kappa shape index (κ2) is 7.23. The van der Waals surface area contributed by atoms with Crippen LogP contribution in [0.3, 0.4) is 0 Å². The number of rotatable bonds is 5. The highest BCUT2D eigenvalue weighted by Crippen LogP contribution is 2.32. The number of para-hydroxylation sites is 1. The fourth-order valence-corrected chi connectivity index (χ4v) is 3.02. The molecule has 0 aromatic heterocycles. The highest BCUT2D eigenvalue weighted by Gasteiger charge is 2.36. The molecule has 0 radical (unpaired) electrons. The molecule has 25 heavy (non-hydrogen) atoms. The fraction of sp³-hybridized carbons (Fsp3) is 0.0556. The van der Waals surface area contributed by atoms with Gasteiger partial charge < -0.3 is 9.84 Å². The molecule has 0 atom stereocenters. The van der Waals surface area contributed by atoms with Gasteiger partial charge in [0.15, 0.2) is 0 Å². The fourth-order valence-electron chi connectivity index (χ4n) is 2.18. The summed E-state index contributed by atoms with van der Waals surface area (Å²) in [5.41, 5.74) is 0.709. The Morgan fingerprint density at radius 2 is 1.68 bits per heavy atom. The lowest BCUT2D eigenvalue weighted by Crippen LogP contribution is -2.33. The van der Waals surface area contributed by atoms with Crippen molar-refractivity contribution in [2.75, 3.05) is 6.54 Å². The van der Waals surface area contributed by atoms with Gasteiger partial charge in [-0.15, -0.1) is 0 Å².